The van der Waals surface area contributed by atoms with E-state index in [9.17, 15) is 4.79 Å². The fraction of sp³-hybridized carbons (Fsp3) is 0.917. The molecule has 0 rings (SSSR count). The summed E-state index contributed by atoms with van der Waals surface area (Å²) in [5, 5.41) is 6.21. The van der Waals surface area contributed by atoms with Gasteiger partial charge in [-0.2, -0.15) is 0 Å². The Balaban J connectivity index is 3.77. The van der Waals surface area contributed by atoms with E-state index in [2.05, 4.69) is 29.4 Å². The molecule has 0 aromatic carbocycles. The first-order valence-electron chi connectivity index (χ1n) is 6.15. The Bertz CT molecular complexity index is 195. The summed E-state index contributed by atoms with van der Waals surface area (Å²) in [4.78, 5) is 13.8. The summed E-state index contributed by atoms with van der Waals surface area (Å²) >= 11 is 0. The van der Waals surface area contributed by atoms with Crippen LogP contribution in [0.25, 0.3) is 0 Å². The van der Waals surface area contributed by atoms with E-state index in [0.717, 1.165) is 25.9 Å². The highest BCUT2D eigenvalue weighted by Crippen LogP contribution is 1.91. The fourth-order valence-corrected chi connectivity index (χ4v) is 1.64. The molecule has 0 fully saturated rings. The first-order valence-corrected chi connectivity index (χ1v) is 6.15. The summed E-state index contributed by atoms with van der Waals surface area (Å²) in [6.07, 6.45) is 2.16. The molecule has 0 aromatic heterocycles. The highest BCUT2D eigenvalue weighted by atomic mass is 16.2. The van der Waals surface area contributed by atoms with Gasteiger partial charge >= 0.3 is 0 Å². The van der Waals surface area contributed by atoms with Crippen LogP contribution in [0.4, 0.5) is 0 Å². The van der Waals surface area contributed by atoms with Crippen LogP contribution in [0.5, 0.6) is 0 Å². The molecule has 0 saturated heterocycles. The Labute approximate surface area is 99.8 Å². The van der Waals surface area contributed by atoms with Crippen molar-refractivity contribution in [2.75, 3.05) is 27.2 Å². The van der Waals surface area contributed by atoms with E-state index in [1.807, 2.05) is 21.0 Å². The molecule has 4 nitrogen and oxygen atoms in total. The molecule has 0 heterocycles. The minimum Gasteiger partial charge on any atom is -0.355 e. The minimum atomic E-state index is -0.119. The molecule has 0 aliphatic heterocycles. The summed E-state index contributed by atoms with van der Waals surface area (Å²) in [7, 11) is 4.06. The van der Waals surface area contributed by atoms with Crippen molar-refractivity contribution in [2.45, 2.75) is 45.7 Å². The number of unbranched alkanes of at least 4 members (excludes halogenated alkanes) is 1. The van der Waals surface area contributed by atoms with Crippen molar-refractivity contribution in [3.63, 3.8) is 0 Å². The largest absolute Gasteiger partial charge is 0.355 e. The fourth-order valence-electron chi connectivity index (χ4n) is 1.64. The summed E-state index contributed by atoms with van der Waals surface area (Å²) in [5.41, 5.74) is 0. The number of carbonyl (C=O) groups excluding carboxylic acids is 1. The van der Waals surface area contributed by atoms with Gasteiger partial charge in [0.05, 0.1) is 6.04 Å². The molecule has 0 radical (unpaired) electrons. The predicted molar refractivity (Wildman–Crippen MR) is 68.5 cm³/mol. The average Bonchev–Trinajstić information content (AvgIpc) is 2.16. The van der Waals surface area contributed by atoms with Crippen LogP contribution < -0.4 is 10.6 Å². The lowest BCUT2D eigenvalue weighted by molar-refractivity contribution is -0.122. The molecule has 0 aliphatic rings. The average molecular weight is 229 g/mol. The molecule has 0 bridgehead atoms. The van der Waals surface area contributed by atoms with Crippen molar-refractivity contribution < 1.29 is 4.79 Å². The number of amides is 1. The van der Waals surface area contributed by atoms with Gasteiger partial charge in [-0.15, -0.1) is 0 Å². The van der Waals surface area contributed by atoms with E-state index in [1.165, 1.54) is 0 Å². The van der Waals surface area contributed by atoms with E-state index in [-0.39, 0.29) is 11.9 Å². The Hall–Kier alpha value is -0.610. The molecule has 4 heteroatoms. The third-order valence-electron chi connectivity index (χ3n) is 2.40. The molecule has 1 amide bonds. The first-order chi connectivity index (χ1) is 7.47. The zero-order valence-electron chi connectivity index (χ0n) is 11.3. The maximum Gasteiger partial charge on any atom is 0.236 e. The lowest BCUT2D eigenvalue weighted by atomic mass is 10.2. The van der Waals surface area contributed by atoms with Gasteiger partial charge in [0.15, 0.2) is 0 Å². The van der Waals surface area contributed by atoms with Crippen LogP contribution >= 0.6 is 0 Å². The van der Waals surface area contributed by atoms with E-state index >= 15 is 0 Å². The van der Waals surface area contributed by atoms with Crippen LogP contribution in [0.15, 0.2) is 0 Å². The number of nitrogens with one attached hydrogen (secondary N) is 2. The third kappa shape index (κ3) is 7.65. The summed E-state index contributed by atoms with van der Waals surface area (Å²) < 4.78 is 0. The lowest BCUT2D eigenvalue weighted by Gasteiger charge is -2.22. The van der Waals surface area contributed by atoms with Crippen LogP contribution in [0.1, 0.15) is 33.6 Å². The molecule has 0 aromatic rings. The molecule has 0 spiro atoms. The molecule has 0 aliphatic carbocycles. The summed E-state index contributed by atoms with van der Waals surface area (Å²) in [6, 6.07) is 0.203. The number of nitrogens with zero attached hydrogens (tertiary/aromatic N) is 1. The Morgan fingerprint density at radius 1 is 1.31 bits per heavy atom. The number of hydrogen-bond donors (Lipinski definition) is 2. The highest BCUT2D eigenvalue weighted by molar-refractivity contribution is 5.81. The predicted octanol–water partition coefficient (Wildman–Crippen LogP) is 0.831. The van der Waals surface area contributed by atoms with E-state index < -0.39 is 0 Å². The highest BCUT2D eigenvalue weighted by Gasteiger charge is 2.14. The van der Waals surface area contributed by atoms with Crippen LogP contribution in [0.3, 0.4) is 0 Å². The van der Waals surface area contributed by atoms with Crippen molar-refractivity contribution in [1.29, 1.82) is 0 Å². The van der Waals surface area contributed by atoms with Gasteiger partial charge in [-0.05, 0) is 34.4 Å². The van der Waals surface area contributed by atoms with Gasteiger partial charge in [-0.1, -0.05) is 13.3 Å². The summed E-state index contributed by atoms with van der Waals surface area (Å²) in [6.45, 7) is 7.84. The lowest BCUT2D eigenvalue weighted by Crippen LogP contribution is -2.48. The molecular weight excluding hydrogens is 202 g/mol. The topological polar surface area (TPSA) is 44.4 Å². The van der Waals surface area contributed by atoms with Gasteiger partial charge < -0.3 is 15.5 Å². The van der Waals surface area contributed by atoms with Gasteiger partial charge in [0.1, 0.15) is 0 Å². The Kier molecular flexibility index (Phi) is 8.21. The van der Waals surface area contributed by atoms with Gasteiger partial charge in [0.2, 0.25) is 5.91 Å². The Morgan fingerprint density at radius 2 is 1.94 bits per heavy atom. The minimum absolute atomic E-state index is 0.0963. The molecular formula is C12H27N3O. The molecule has 2 N–H and O–H groups in total. The number of carbonyl (C=O) groups is 1. The van der Waals surface area contributed by atoms with Crippen molar-refractivity contribution >= 4 is 5.91 Å². The van der Waals surface area contributed by atoms with E-state index in [0.29, 0.717) is 6.04 Å². The normalized spacial score (nSPS) is 14.9. The van der Waals surface area contributed by atoms with Crippen LogP contribution in [-0.4, -0.2) is 50.1 Å². The molecule has 2 atom stereocenters. The number of rotatable bonds is 8. The quantitative estimate of drug-likeness (QED) is 0.606. The van der Waals surface area contributed by atoms with Crippen LogP contribution in [0.2, 0.25) is 0 Å². The number of likely N-dealkylation sites (N-methyl/N-ethyl adjacent to an activating group) is 1. The molecule has 2 unspecified atom stereocenters. The van der Waals surface area contributed by atoms with Crippen molar-refractivity contribution in [1.82, 2.24) is 15.5 Å². The van der Waals surface area contributed by atoms with Gasteiger partial charge in [-0.3, -0.25) is 4.79 Å². The van der Waals surface area contributed by atoms with Crippen LogP contribution in [0, 0.1) is 0 Å². The Morgan fingerprint density at radius 3 is 2.44 bits per heavy atom. The smallest absolute Gasteiger partial charge is 0.236 e. The monoisotopic (exact) mass is 229 g/mol. The maximum absolute atomic E-state index is 11.7. The second-order valence-electron chi connectivity index (χ2n) is 4.70. The van der Waals surface area contributed by atoms with Crippen molar-refractivity contribution in [3.05, 3.63) is 0 Å². The van der Waals surface area contributed by atoms with Crippen molar-refractivity contribution in [3.8, 4) is 0 Å². The first kappa shape index (κ1) is 15.4. The van der Waals surface area contributed by atoms with Crippen molar-refractivity contribution in [2.24, 2.45) is 0 Å². The van der Waals surface area contributed by atoms with Gasteiger partial charge in [0.25, 0.3) is 0 Å². The standard InChI is InChI=1S/C12H27N3O/c1-6-7-8-13-12(16)11(3)14-10(2)9-15(4)5/h10-11,14H,6-9H2,1-5H3,(H,13,16). The second kappa shape index (κ2) is 8.53. The zero-order valence-corrected chi connectivity index (χ0v) is 11.3. The summed E-state index contributed by atoms with van der Waals surface area (Å²) in [5.74, 6) is 0.0963. The SMILES string of the molecule is CCCCNC(=O)C(C)NC(C)CN(C)C. The zero-order chi connectivity index (χ0) is 12.6. The third-order valence-corrected chi connectivity index (χ3v) is 2.40. The molecule has 16 heavy (non-hydrogen) atoms. The van der Waals surface area contributed by atoms with Crippen LogP contribution in [-0.2, 0) is 4.79 Å². The molecule has 96 valence electrons. The van der Waals surface area contributed by atoms with E-state index in [1.54, 1.807) is 0 Å². The number of hydrogen-bond acceptors (Lipinski definition) is 3. The maximum atomic E-state index is 11.7. The van der Waals surface area contributed by atoms with Gasteiger partial charge in [0, 0.05) is 19.1 Å². The second-order valence-corrected chi connectivity index (χ2v) is 4.70. The van der Waals surface area contributed by atoms with E-state index in [4.69, 9.17) is 0 Å². The molecule has 0 saturated carbocycles. The van der Waals surface area contributed by atoms with Gasteiger partial charge in [-0.25, -0.2) is 0 Å².